The molecule has 0 N–H and O–H groups in total. The molecule has 2 heterocycles. The first kappa shape index (κ1) is 23.7. The lowest BCUT2D eigenvalue weighted by Gasteiger charge is -2.14. The van der Waals surface area contributed by atoms with E-state index in [0.717, 1.165) is 15.1 Å². The van der Waals surface area contributed by atoms with E-state index >= 15 is 0 Å². The molecular formula is C24H25N3O6S. The Labute approximate surface area is 200 Å². The normalized spacial score (nSPS) is 14.3. The Morgan fingerprint density at radius 1 is 1.06 bits per heavy atom. The van der Waals surface area contributed by atoms with Gasteiger partial charge in [0.05, 0.1) is 36.7 Å². The van der Waals surface area contributed by atoms with Crippen LogP contribution in [0.1, 0.15) is 30.1 Å². The molecule has 1 aromatic heterocycles. The zero-order valence-electron chi connectivity index (χ0n) is 19.2. The number of amides is 3. The van der Waals surface area contributed by atoms with Gasteiger partial charge in [-0.1, -0.05) is 17.4 Å². The molecule has 0 spiro atoms. The molecule has 1 saturated heterocycles. The van der Waals surface area contributed by atoms with Crippen LogP contribution in [0.3, 0.4) is 0 Å². The van der Waals surface area contributed by atoms with E-state index in [0.29, 0.717) is 41.7 Å². The summed E-state index contributed by atoms with van der Waals surface area (Å²) in [6.45, 7) is 3.44. The van der Waals surface area contributed by atoms with Crippen molar-refractivity contribution < 1.29 is 28.6 Å². The number of fused-ring (bicyclic) bond motifs is 1. The van der Waals surface area contributed by atoms with Crippen molar-refractivity contribution in [3.05, 3.63) is 46.8 Å². The summed E-state index contributed by atoms with van der Waals surface area (Å²) in [4.78, 5) is 43.3. The summed E-state index contributed by atoms with van der Waals surface area (Å²) in [5, 5.41) is 0. The first-order valence-electron chi connectivity index (χ1n) is 10.8. The molecule has 0 radical (unpaired) electrons. The number of nitrogens with zero attached hydrogens (tertiary/aromatic N) is 3. The van der Waals surface area contributed by atoms with E-state index in [1.54, 1.807) is 32.4 Å². The summed E-state index contributed by atoms with van der Waals surface area (Å²) in [5.74, 6) is 0.138. The van der Waals surface area contributed by atoms with E-state index in [9.17, 15) is 14.4 Å². The summed E-state index contributed by atoms with van der Waals surface area (Å²) in [5.41, 5.74) is 1.51. The Balaban J connectivity index is 1.77. The van der Waals surface area contributed by atoms with Gasteiger partial charge in [-0.05, 0) is 25.1 Å². The standard InChI is InChI=1S/C24H25N3O6S/c1-4-33-11-10-26-17-13-18(31-2)19(32-3)14-20(17)34-24(26)25-23(30)15-6-5-7-16(12-15)27-21(28)8-9-22(27)29/h5-7,12-14H,4,8-11H2,1-3H3. The van der Waals surface area contributed by atoms with Gasteiger partial charge >= 0.3 is 0 Å². The number of rotatable bonds is 8. The van der Waals surface area contributed by atoms with Crippen molar-refractivity contribution in [3.8, 4) is 11.5 Å². The molecule has 10 heteroatoms. The second-order valence-electron chi connectivity index (χ2n) is 7.50. The number of imide groups is 1. The largest absolute Gasteiger partial charge is 0.493 e. The number of methoxy groups -OCH3 is 2. The first-order chi connectivity index (χ1) is 16.5. The molecule has 0 aliphatic carbocycles. The van der Waals surface area contributed by atoms with Gasteiger partial charge in [0.1, 0.15) is 0 Å². The topological polar surface area (TPSA) is 99.4 Å². The second kappa shape index (κ2) is 10.2. The lowest BCUT2D eigenvalue weighted by Crippen LogP contribution is -2.28. The molecule has 0 atom stereocenters. The molecule has 3 aromatic rings. The Morgan fingerprint density at radius 2 is 1.76 bits per heavy atom. The second-order valence-corrected chi connectivity index (χ2v) is 8.51. The van der Waals surface area contributed by atoms with Crippen LogP contribution in [0.15, 0.2) is 41.4 Å². The van der Waals surface area contributed by atoms with Crippen molar-refractivity contribution >= 4 is 45.0 Å². The van der Waals surface area contributed by atoms with E-state index in [4.69, 9.17) is 14.2 Å². The van der Waals surface area contributed by atoms with Gasteiger partial charge in [-0.2, -0.15) is 4.99 Å². The van der Waals surface area contributed by atoms with Gasteiger partial charge < -0.3 is 18.8 Å². The number of carbonyl (C=O) groups is 3. The van der Waals surface area contributed by atoms with Crippen LogP contribution >= 0.6 is 11.3 Å². The van der Waals surface area contributed by atoms with E-state index in [1.807, 2.05) is 23.6 Å². The number of aromatic nitrogens is 1. The molecule has 34 heavy (non-hydrogen) atoms. The summed E-state index contributed by atoms with van der Waals surface area (Å²) in [7, 11) is 3.14. The zero-order chi connectivity index (χ0) is 24.2. The maximum absolute atomic E-state index is 13.1. The molecule has 4 rings (SSSR count). The van der Waals surface area contributed by atoms with Crippen LogP contribution in [-0.2, 0) is 20.9 Å². The molecule has 1 aliphatic rings. The van der Waals surface area contributed by atoms with Crippen molar-refractivity contribution in [2.45, 2.75) is 26.3 Å². The average molecular weight is 484 g/mol. The molecule has 0 saturated carbocycles. The highest BCUT2D eigenvalue weighted by molar-refractivity contribution is 7.16. The molecule has 0 bridgehead atoms. The maximum atomic E-state index is 13.1. The van der Waals surface area contributed by atoms with Crippen LogP contribution in [0.5, 0.6) is 11.5 Å². The summed E-state index contributed by atoms with van der Waals surface area (Å²) in [6, 6.07) is 10.1. The number of anilines is 1. The fraction of sp³-hybridized carbons (Fsp3) is 0.333. The third-order valence-electron chi connectivity index (χ3n) is 5.45. The molecule has 3 amide bonds. The zero-order valence-corrected chi connectivity index (χ0v) is 20.0. The van der Waals surface area contributed by atoms with Crippen molar-refractivity contribution in [1.82, 2.24) is 4.57 Å². The van der Waals surface area contributed by atoms with Crippen LogP contribution in [0.25, 0.3) is 10.2 Å². The minimum atomic E-state index is -0.475. The fourth-order valence-corrected chi connectivity index (χ4v) is 4.86. The molecular weight excluding hydrogens is 458 g/mol. The number of hydrogen-bond donors (Lipinski definition) is 0. The Kier molecular flexibility index (Phi) is 7.09. The summed E-state index contributed by atoms with van der Waals surface area (Å²) >= 11 is 1.35. The van der Waals surface area contributed by atoms with Crippen LogP contribution in [0, 0.1) is 0 Å². The first-order valence-corrected chi connectivity index (χ1v) is 11.7. The van der Waals surface area contributed by atoms with Gasteiger partial charge in [0.2, 0.25) is 11.8 Å². The van der Waals surface area contributed by atoms with E-state index in [-0.39, 0.29) is 30.2 Å². The number of benzene rings is 2. The molecule has 0 unspecified atom stereocenters. The molecule has 178 valence electrons. The maximum Gasteiger partial charge on any atom is 0.279 e. The van der Waals surface area contributed by atoms with Crippen molar-refractivity contribution in [3.63, 3.8) is 0 Å². The minimum Gasteiger partial charge on any atom is -0.493 e. The van der Waals surface area contributed by atoms with Gasteiger partial charge in [0.25, 0.3) is 5.91 Å². The fourth-order valence-electron chi connectivity index (χ4n) is 3.79. The minimum absolute atomic E-state index is 0.177. The number of ether oxygens (including phenoxy) is 3. The van der Waals surface area contributed by atoms with Crippen LogP contribution in [-0.4, -0.2) is 49.7 Å². The van der Waals surface area contributed by atoms with Gasteiger partial charge in [-0.15, -0.1) is 0 Å². The van der Waals surface area contributed by atoms with Crippen molar-refractivity contribution in [2.24, 2.45) is 4.99 Å². The smallest absolute Gasteiger partial charge is 0.279 e. The Morgan fingerprint density at radius 3 is 2.44 bits per heavy atom. The third-order valence-corrected chi connectivity index (χ3v) is 6.49. The van der Waals surface area contributed by atoms with Gasteiger partial charge in [0.15, 0.2) is 16.3 Å². The highest BCUT2D eigenvalue weighted by Gasteiger charge is 2.30. The number of carbonyl (C=O) groups excluding carboxylic acids is 3. The lowest BCUT2D eigenvalue weighted by molar-refractivity contribution is -0.121. The van der Waals surface area contributed by atoms with Crippen LogP contribution in [0.2, 0.25) is 0 Å². The average Bonchev–Trinajstić information content (AvgIpc) is 3.36. The predicted octanol–water partition coefficient (Wildman–Crippen LogP) is 3.15. The summed E-state index contributed by atoms with van der Waals surface area (Å²) in [6.07, 6.45) is 0.353. The molecule has 2 aromatic carbocycles. The van der Waals surface area contributed by atoms with E-state index in [2.05, 4.69) is 4.99 Å². The van der Waals surface area contributed by atoms with Crippen molar-refractivity contribution in [1.29, 1.82) is 0 Å². The van der Waals surface area contributed by atoms with Crippen LogP contribution in [0.4, 0.5) is 5.69 Å². The van der Waals surface area contributed by atoms with Gasteiger partial charge in [-0.3, -0.25) is 19.3 Å². The molecule has 1 aliphatic heterocycles. The monoisotopic (exact) mass is 483 g/mol. The van der Waals surface area contributed by atoms with E-state index < -0.39 is 5.91 Å². The highest BCUT2D eigenvalue weighted by atomic mass is 32.1. The predicted molar refractivity (Wildman–Crippen MR) is 127 cm³/mol. The van der Waals surface area contributed by atoms with Gasteiger partial charge in [-0.25, -0.2) is 0 Å². The van der Waals surface area contributed by atoms with Crippen LogP contribution < -0.4 is 19.2 Å². The molecule has 9 nitrogen and oxygen atoms in total. The van der Waals surface area contributed by atoms with E-state index in [1.165, 1.54) is 17.4 Å². The molecule has 1 fully saturated rings. The third kappa shape index (κ3) is 4.59. The number of thiazole rings is 1. The Bertz CT molecular complexity index is 1310. The lowest BCUT2D eigenvalue weighted by atomic mass is 10.2. The highest BCUT2D eigenvalue weighted by Crippen LogP contribution is 2.33. The number of hydrogen-bond acceptors (Lipinski definition) is 7. The van der Waals surface area contributed by atoms with Crippen molar-refractivity contribution in [2.75, 3.05) is 32.3 Å². The van der Waals surface area contributed by atoms with Gasteiger partial charge in [0, 0.05) is 43.7 Å². The SMILES string of the molecule is CCOCCn1c(=NC(=O)c2cccc(N3C(=O)CCC3=O)c2)sc2cc(OC)c(OC)cc21. The Hall–Kier alpha value is -3.50. The quantitative estimate of drug-likeness (QED) is 0.361. The summed E-state index contributed by atoms with van der Waals surface area (Å²) < 4.78 is 19.2.